The highest BCUT2D eigenvalue weighted by atomic mass is 16.5. The summed E-state index contributed by atoms with van der Waals surface area (Å²) in [4.78, 5) is 19.3. The number of hydrogen-bond acceptors (Lipinski definition) is 3. The molecular weight excluding hydrogens is 288 g/mol. The lowest BCUT2D eigenvalue weighted by Gasteiger charge is -2.06. The number of carbonyl (C=O) groups excluding carboxylic acids is 1. The SMILES string of the molecule is Cc1ccccc1OCC(=O)CN=Cc1cccc2[nH]ccc12. The van der Waals surface area contributed by atoms with E-state index in [1.54, 1.807) is 6.21 Å². The molecule has 3 aromatic rings. The number of aryl methyl sites for hydroxylation is 1. The van der Waals surface area contributed by atoms with Crippen molar-refractivity contribution in [2.75, 3.05) is 13.2 Å². The van der Waals surface area contributed by atoms with Crippen molar-refractivity contribution >= 4 is 22.9 Å². The molecular formula is C19H18N2O2. The van der Waals surface area contributed by atoms with E-state index < -0.39 is 0 Å². The van der Waals surface area contributed by atoms with Gasteiger partial charge in [-0.15, -0.1) is 0 Å². The predicted octanol–water partition coefficient (Wildman–Crippen LogP) is 3.54. The van der Waals surface area contributed by atoms with Crippen LogP contribution >= 0.6 is 0 Å². The normalized spacial score (nSPS) is 11.2. The molecule has 1 aromatic heterocycles. The summed E-state index contributed by atoms with van der Waals surface area (Å²) >= 11 is 0. The van der Waals surface area contributed by atoms with Crippen LogP contribution in [0, 0.1) is 6.92 Å². The Morgan fingerprint density at radius 2 is 2.04 bits per heavy atom. The second-order valence-corrected chi connectivity index (χ2v) is 5.35. The van der Waals surface area contributed by atoms with Gasteiger partial charge in [0, 0.05) is 28.9 Å². The second kappa shape index (κ2) is 6.92. The maximum atomic E-state index is 11.9. The molecule has 2 aromatic carbocycles. The largest absolute Gasteiger partial charge is 0.485 e. The van der Waals surface area contributed by atoms with Gasteiger partial charge in [0.15, 0.2) is 5.78 Å². The van der Waals surface area contributed by atoms with Crippen LogP contribution < -0.4 is 4.74 Å². The van der Waals surface area contributed by atoms with Crippen LogP contribution in [-0.4, -0.2) is 30.1 Å². The number of nitrogens with one attached hydrogen (secondary N) is 1. The highest BCUT2D eigenvalue weighted by molar-refractivity contribution is 5.99. The van der Waals surface area contributed by atoms with Gasteiger partial charge in [0.1, 0.15) is 18.9 Å². The van der Waals surface area contributed by atoms with E-state index in [4.69, 9.17) is 4.74 Å². The van der Waals surface area contributed by atoms with Crippen molar-refractivity contribution in [2.45, 2.75) is 6.92 Å². The standard InChI is InChI=1S/C19H18N2O2/c1-14-5-2-3-8-19(14)23-13-16(22)12-20-11-15-6-4-7-18-17(15)9-10-21-18/h2-11,21H,12-13H2,1H3. The molecule has 0 atom stereocenters. The van der Waals surface area contributed by atoms with Crippen LogP contribution in [-0.2, 0) is 4.79 Å². The monoisotopic (exact) mass is 306 g/mol. The summed E-state index contributed by atoms with van der Waals surface area (Å²) in [6.07, 6.45) is 3.63. The Hall–Kier alpha value is -2.88. The fourth-order valence-electron chi connectivity index (χ4n) is 2.39. The third-order valence-electron chi connectivity index (χ3n) is 3.61. The Bertz CT molecular complexity index is 849. The molecule has 0 unspecified atom stereocenters. The van der Waals surface area contributed by atoms with E-state index in [0.29, 0.717) is 0 Å². The van der Waals surface area contributed by atoms with Crippen molar-refractivity contribution in [3.8, 4) is 5.75 Å². The number of carbonyl (C=O) groups is 1. The Labute approximate surface area is 134 Å². The maximum absolute atomic E-state index is 11.9. The first-order chi connectivity index (χ1) is 11.2. The first-order valence-corrected chi connectivity index (χ1v) is 7.50. The zero-order valence-electron chi connectivity index (χ0n) is 13.0. The van der Waals surface area contributed by atoms with E-state index in [0.717, 1.165) is 27.8 Å². The number of aromatic nitrogens is 1. The molecule has 1 N–H and O–H groups in total. The van der Waals surface area contributed by atoms with E-state index >= 15 is 0 Å². The van der Waals surface area contributed by atoms with Gasteiger partial charge in [-0.1, -0.05) is 30.3 Å². The number of fused-ring (bicyclic) bond motifs is 1. The molecule has 4 heteroatoms. The molecule has 0 radical (unpaired) electrons. The van der Waals surface area contributed by atoms with E-state index in [1.807, 2.05) is 61.7 Å². The van der Waals surface area contributed by atoms with Gasteiger partial charge in [-0.05, 0) is 30.7 Å². The van der Waals surface area contributed by atoms with Crippen LogP contribution in [0.25, 0.3) is 10.9 Å². The van der Waals surface area contributed by atoms with Crippen LogP contribution in [0.1, 0.15) is 11.1 Å². The summed E-state index contributed by atoms with van der Waals surface area (Å²) in [5.74, 6) is 0.688. The number of aromatic amines is 1. The molecule has 0 saturated heterocycles. The number of ether oxygens (including phenoxy) is 1. The minimum Gasteiger partial charge on any atom is -0.485 e. The minimum absolute atomic E-state index is 0.0382. The molecule has 0 aliphatic rings. The van der Waals surface area contributed by atoms with Gasteiger partial charge < -0.3 is 9.72 Å². The summed E-state index contributed by atoms with van der Waals surface area (Å²) in [6.45, 7) is 2.11. The highest BCUT2D eigenvalue weighted by Crippen LogP contribution is 2.16. The minimum atomic E-state index is -0.0502. The average Bonchev–Trinajstić information content (AvgIpc) is 3.03. The number of nitrogens with zero attached hydrogens (tertiary/aromatic N) is 1. The van der Waals surface area contributed by atoms with Gasteiger partial charge in [-0.2, -0.15) is 0 Å². The van der Waals surface area contributed by atoms with Crippen LogP contribution in [0.2, 0.25) is 0 Å². The topological polar surface area (TPSA) is 54.4 Å². The summed E-state index contributed by atoms with van der Waals surface area (Å²) in [7, 11) is 0. The molecule has 0 amide bonds. The molecule has 3 rings (SSSR count). The molecule has 4 nitrogen and oxygen atoms in total. The Balaban J connectivity index is 1.57. The number of hydrogen-bond donors (Lipinski definition) is 1. The summed E-state index contributed by atoms with van der Waals surface area (Å²) in [6, 6.07) is 15.6. The van der Waals surface area contributed by atoms with Gasteiger partial charge in [0.05, 0.1) is 0 Å². The first kappa shape index (κ1) is 15.0. The fraction of sp³-hybridized carbons (Fsp3) is 0.158. The molecule has 1 heterocycles. The van der Waals surface area contributed by atoms with E-state index in [-0.39, 0.29) is 18.9 Å². The third kappa shape index (κ3) is 3.66. The van der Waals surface area contributed by atoms with Crippen LogP contribution in [0.5, 0.6) is 5.75 Å². The van der Waals surface area contributed by atoms with Crippen molar-refractivity contribution in [1.82, 2.24) is 4.98 Å². The number of rotatable bonds is 6. The number of para-hydroxylation sites is 1. The lowest BCUT2D eigenvalue weighted by molar-refractivity contribution is -0.119. The molecule has 0 aliphatic carbocycles. The zero-order valence-corrected chi connectivity index (χ0v) is 13.0. The quantitative estimate of drug-likeness (QED) is 0.708. The van der Waals surface area contributed by atoms with E-state index in [1.165, 1.54) is 0 Å². The van der Waals surface area contributed by atoms with E-state index in [9.17, 15) is 4.79 Å². The first-order valence-electron chi connectivity index (χ1n) is 7.50. The van der Waals surface area contributed by atoms with Gasteiger partial charge in [-0.25, -0.2) is 0 Å². The zero-order chi connectivity index (χ0) is 16.1. The highest BCUT2D eigenvalue weighted by Gasteiger charge is 2.04. The number of H-pyrrole nitrogens is 1. The van der Waals surface area contributed by atoms with Crippen molar-refractivity contribution in [3.63, 3.8) is 0 Å². The lowest BCUT2D eigenvalue weighted by Crippen LogP contribution is -2.14. The molecule has 0 saturated carbocycles. The Kier molecular flexibility index (Phi) is 4.52. The summed E-state index contributed by atoms with van der Waals surface area (Å²) in [5, 5.41) is 1.10. The lowest BCUT2D eigenvalue weighted by atomic mass is 10.1. The summed E-state index contributed by atoms with van der Waals surface area (Å²) < 4.78 is 5.53. The summed E-state index contributed by atoms with van der Waals surface area (Å²) in [5.41, 5.74) is 3.07. The number of Topliss-reactive ketones (excluding diaryl/α,β-unsaturated/α-hetero) is 1. The van der Waals surface area contributed by atoms with Gasteiger partial charge in [0.2, 0.25) is 0 Å². The van der Waals surface area contributed by atoms with Crippen LogP contribution in [0.15, 0.2) is 59.7 Å². The predicted molar refractivity (Wildman–Crippen MR) is 92.4 cm³/mol. The number of benzene rings is 2. The van der Waals surface area contributed by atoms with Gasteiger partial charge in [0.25, 0.3) is 0 Å². The molecule has 23 heavy (non-hydrogen) atoms. The number of ketones is 1. The second-order valence-electron chi connectivity index (χ2n) is 5.35. The van der Waals surface area contributed by atoms with Crippen molar-refractivity contribution in [1.29, 1.82) is 0 Å². The van der Waals surface area contributed by atoms with Crippen LogP contribution in [0.4, 0.5) is 0 Å². The Morgan fingerprint density at radius 3 is 2.91 bits per heavy atom. The molecule has 0 aliphatic heterocycles. The number of aliphatic imine (C=N–C) groups is 1. The maximum Gasteiger partial charge on any atom is 0.191 e. The molecule has 0 bridgehead atoms. The average molecular weight is 306 g/mol. The molecule has 0 fully saturated rings. The van der Waals surface area contributed by atoms with Crippen molar-refractivity contribution < 1.29 is 9.53 Å². The molecule has 116 valence electrons. The Morgan fingerprint density at radius 1 is 1.17 bits per heavy atom. The smallest absolute Gasteiger partial charge is 0.191 e. The third-order valence-corrected chi connectivity index (χ3v) is 3.61. The van der Waals surface area contributed by atoms with Gasteiger partial charge in [-0.3, -0.25) is 9.79 Å². The van der Waals surface area contributed by atoms with Crippen molar-refractivity contribution in [3.05, 3.63) is 65.9 Å². The fourth-order valence-corrected chi connectivity index (χ4v) is 2.39. The molecule has 0 spiro atoms. The van der Waals surface area contributed by atoms with E-state index in [2.05, 4.69) is 9.98 Å². The van der Waals surface area contributed by atoms with Crippen LogP contribution in [0.3, 0.4) is 0 Å². The van der Waals surface area contributed by atoms with Gasteiger partial charge >= 0.3 is 0 Å². The van der Waals surface area contributed by atoms with Crippen molar-refractivity contribution in [2.24, 2.45) is 4.99 Å².